The molecule has 0 atom stereocenters. The van der Waals surface area contributed by atoms with Crippen LogP contribution in [-0.4, -0.2) is 43.4 Å². The van der Waals surface area contributed by atoms with Gasteiger partial charge in [0.2, 0.25) is 11.9 Å². The average molecular weight is 487 g/mol. The molecule has 34 heavy (non-hydrogen) atoms. The maximum absolute atomic E-state index is 12.7. The SMILES string of the molecule is COC(=O)CCC(=O)Nc1nc2cc(OS(=O)(=O)c3ccc(NC4CCCC4)cc3)ccc2[nH]1. The Morgan fingerprint density at radius 2 is 1.82 bits per heavy atom. The van der Waals surface area contributed by atoms with Crippen molar-refractivity contribution in [3.8, 4) is 5.75 Å². The minimum Gasteiger partial charge on any atom is -0.469 e. The van der Waals surface area contributed by atoms with Crippen molar-refractivity contribution in [1.82, 2.24) is 9.97 Å². The fraction of sp³-hybridized carbons (Fsp3) is 0.348. The number of amides is 1. The van der Waals surface area contributed by atoms with E-state index in [1.54, 1.807) is 18.2 Å². The van der Waals surface area contributed by atoms with Crippen LogP contribution >= 0.6 is 0 Å². The second-order valence-corrected chi connectivity index (χ2v) is 9.62. The largest absolute Gasteiger partial charge is 0.469 e. The first kappa shape index (κ1) is 23.6. The molecule has 1 aliphatic carbocycles. The third-order valence-electron chi connectivity index (χ3n) is 5.57. The highest BCUT2D eigenvalue weighted by Gasteiger charge is 2.19. The number of nitrogens with zero attached hydrogens (tertiary/aromatic N) is 1. The van der Waals surface area contributed by atoms with Crippen molar-refractivity contribution in [2.75, 3.05) is 17.7 Å². The number of benzene rings is 2. The summed E-state index contributed by atoms with van der Waals surface area (Å²) >= 11 is 0. The van der Waals surface area contributed by atoms with Gasteiger partial charge < -0.3 is 19.2 Å². The van der Waals surface area contributed by atoms with Crippen LogP contribution in [-0.2, 0) is 24.4 Å². The molecule has 1 aromatic heterocycles. The predicted octanol–water partition coefficient (Wildman–Crippen LogP) is 3.58. The number of fused-ring (bicyclic) bond motifs is 1. The van der Waals surface area contributed by atoms with Crippen LogP contribution in [0, 0.1) is 0 Å². The number of hydrogen-bond donors (Lipinski definition) is 3. The lowest BCUT2D eigenvalue weighted by Crippen LogP contribution is -2.14. The molecule has 3 aromatic rings. The number of hydrogen-bond acceptors (Lipinski definition) is 8. The Labute approximate surface area is 197 Å². The first-order chi connectivity index (χ1) is 16.3. The number of rotatable bonds is 9. The molecule has 1 amide bonds. The molecule has 180 valence electrons. The van der Waals surface area contributed by atoms with E-state index in [9.17, 15) is 18.0 Å². The van der Waals surface area contributed by atoms with Crippen molar-refractivity contribution >= 4 is 44.7 Å². The molecule has 0 bridgehead atoms. The Bertz CT molecular complexity index is 1280. The highest BCUT2D eigenvalue weighted by Crippen LogP contribution is 2.26. The van der Waals surface area contributed by atoms with E-state index in [1.807, 2.05) is 0 Å². The fourth-order valence-electron chi connectivity index (χ4n) is 3.81. The smallest absolute Gasteiger partial charge is 0.339 e. The zero-order valence-corrected chi connectivity index (χ0v) is 19.5. The normalized spacial score (nSPS) is 14.1. The van der Waals surface area contributed by atoms with E-state index < -0.39 is 22.0 Å². The fourth-order valence-corrected chi connectivity index (χ4v) is 4.73. The van der Waals surface area contributed by atoms with Gasteiger partial charge in [-0.3, -0.25) is 14.9 Å². The second kappa shape index (κ2) is 10.1. The van der Waals surface area contributed by atoms with Gasteiger partial charge >= 0.3 is 16.1 Å². The van der Waals surface area contributed by atoms with E-state index in [2.05, 4.69) is 25.3 Å². The topological polar surface area (TPSA) is 139 Å². The van der Waals surface area contributed by atoms with Crippen LogP contribution in [0.4, 0.5) is 11.6 Å². The molecule has 1 heterocycles. The zero-order valence-electron chi connectivity index (χ0n) is 18.7. The van der Waals surface area contributed by atoms with Gasteiger partial charge in [0.1, 0.15) is 10.6 Å². The molecule has 3 N–H and O–H groups in total. The molecular weight excluding hydrogens is 460 g/mol. The lowest BCUT2D eigenvalue weighted by atomic mass is 10.2. The highest BCUT2D eigenvalue weighted by atomic mass is 32.2. The molecule has 0 unspecified atom stereocenters. The van der Waals surface area contributed by atoms with Gasteiger partial charge in [0.25, 0.3) is 0 Å². The number of methoxy groups -OCH3 is 1. The van der Waals surface area contributed by atoms with Crippen LogP contribution in [0.5, 0.6) is 5.75 Å². The van der Waals surface area contributed by atoms with Crippen LogP contribution < -0.4 is 14.8 Å². The molecule has 11 heteroatoms. The third kappa shape index (κ3) is 5.84. The lowest BCUT2D eigenvalue weighted by Gasteiger charge is -2.14. The van der Waals surface area contributed by atoms with Crippen molar-refractivity contribution in [2.45, 2.75) is 49.5 Å². The minimum absolute atomic E-state index is 0.0456. The molecule has 1 fully saturated rings. The highest BCUT2D eigenvalue weighted by molar-refractivity contribution is 7.87. The van der Waals surface area contributed by atoms with E-state index in [4.69, 9.17) is 4.18 Å². The molecule has 0 spiro atoms. The first-order valence-corrected chi connectivity index (χ1v) is 12.4. The van der Waals surface area contributed by atoms with Gasteiger partial charge in [0.15, 0.2) is 0 Å². The van der Waals surface area contributed by atoms with Gasteiger partial charge in [-0.2, -0.15) is 8.42 Å². The van der Waals surface area contributed by atoms with E-state index in [0.29, 0.717) is 17.1 Å². The summed E-state index contributed by atoms with van der Waals surface area (Å²) in [5, 5.41) is 5.98. The van der Waals surface area contributed by atoms with Gasteiger partial charge in [-0.15, -0.1) is 0 Å². The maximum Gasteiger partial charge on any atom is 0.339 e. The van der Waals surface area contributed by atoms with Gasteiger partial charge in [0, 0.05) is 24.2 Å². The van der Waals surface area contributed by atoms with Gasteiger partial charge in [-0.25, -0.2) is 4.98 Å². The average Bonchev–Trinajstić information content (AvgIpc) is 3.46. The number of nitrogens with one attached hydrogen (secondary N) is 3. The van der Waals surface area contributed by atoms with Crippen LogP contribution in [0.15, 0.2) is 47.4 Å². The van der Waals surface area contributed by atoms with E-state index in [0.717, 1.165) is 18.5 Å². The maximum atomic E-state index is 12.7. The summed E-state index contributed by atoms with van der Waals surface area (Å²) in [5.41, 5.74) is 1.87. The second-order valence-electron chi connectivity index (χ2n) is 8.08. The van der Waals surface area contributed by atoms with Gasteiger partial charge in [0.05, 0.1) is 24.6 Å². The van der Waals surface area contributed by atoms with Gasteiger partial charge in [-0.1, -0.05) is 12.8 Å². The van der Waals surface area contributed by atoms with Crippen LogP contribution in [0.25, 0.3) is 11.0 Å². The van der Waals surface area contributed by atoms with E-state index in [-0.39, 0.29) is 29.4 Å². The molecule has 1 saturated carbocycles. The predicted molar refractivity (Wildman–Crippen MR) is 126 cm³/mol. The number of esters is 1. The number of H-pyrrole nitrogens is 1. The Morgan fingerprint density at radius 1 is 1.09 bits per heavy atom. The number of aromatic amines is 1. The molecule has 0 saturated heterocycles. The number of aromatic nitrogens is 2. The minimum atomic E-state index is -4.04. The standard InChI is InChI=1S/C23H26N4O6S/c1-32-22(29)13-12-21(28)27-23-25-19-11-8-17(14-20(19)26-23)33-34(30,31)18-9-6-16(7-10-18)24-15-4-2-3-5-15/h6-11,14-15,24H,2-5,12-13H2,1H3,(H2,25,26,27,28). The summed E-state index contributed by atoms with van der Waals surface area (Å²) in [7, 11) is -2.78. The van der Waals surface area contributed by atoms with E-state index in [1.165, 1.54) is 44.2 Å². The van der Waals surface area contributed by atoms with Crippen molar-refractivity contribution < 1.29 is 26.9 Å². The number of carbonyl (C=O) groups excluding carboxylic acids is 2. The Balaban J connectivity index is 1.40. The number of carbonyl (C=O) groups is 2. The molecule has 0 aliphatic heterocycles. The molecule has 1 aliphatic rings. The van der Waals surface area contributed by atoms with Crippen LogP contribution in [0.1, 0.15) is 38.5 Å². The van der Waals surface area contributed by atoms with Crippen LogP contribution in [0.2, 0.25) is 0 Å². The number of ether oxygens (including phenoxy) is 1. The van der Waals surface area contributed by atoms with Crippen molar-refractivity contribution in [3.63, 3.8) is 0 Å². The van der Waals surface area contributed by atoms with E-state index >= 15 is 0 Å². The van der Waals surface area contributed by atoms with Crippen molar-refractivity contribution in [1.29, 1.82) is 0 Å². The monoisotopic (exact) mass is 486 g/mol. The summed E-state index contributed by atoms with van der Waals surface area (Å²) in [4.78, 5) is 30.3. The molecule has 2 aromatic carbocycles. The molecule has 0 radical (unpaired) electrons. The third-order valence-corrected chi connectivity index (χ3v) is 6.83. The summed E-state index contributed by atoms with van der Waals surface area (Å²) < 4.78 is 35.3. The zero-order chi connectivity index (χ0) is 24.1. The Morgan fingerprint density at radius 3 is 2.53 bits per heavy atom. The molecule has 4 rings (SSSR count). The van der Waals surface area contributed by atoms with Crippen molar-refractivity contribution in [3.05, 3.63) is 42.5 Å². The molecular formula is C23H26N4O6S. The number of imidazole rings is 1. The lowest BCUT2D eigenvalue weighted by molar-refractivity contribution is -0.141. The first-order valence-electron chi connectivity index (χ1n) is 11.0. The number of anilines is 2. The Kier molecular flexibility index (Phi) is 7.01. The molecule has 10 nitrogen and oxygen atoms in total. The van der Waals surface area contributed by atoms with Crippen LogP contribution in [0.3, 0.4) is 0 Å². The summed E-state index contributed by atoms with van der Waals surface area (Å²) in [6.45, 7) is 0. The Hall–Kier alpha value is -3.60. The van der Waals surface area contributed by atoms with Crippen molar-refractivity contribution in [2.24, 2.45) is 0 Å². The quantitative estimate of drug-likeness (QED) is 0.308. The summed E-state index contributed by atoms with van der Waals surface area (Å²) in [6.07, 6.45) is 4.57. The summed E-state index contributed by atoms with van der Waals surface area (Å²) in [5.74, 6) is -0.622. The van der Waals surface area contributed by atoms with Gasteiger partial charge in [-0.05, 0) is 49.2 Å². The summed E-state index contributed by atoms with van der Waals surface area (Å²) in [6, 6.07) is 11.5.